The Morgan fingerprint density at radius 3 is 1.57 bits per heavy atom. The van der Waals surface area contributed by atoms with Gasteiger partial charge in [-0.1, -0.05) is 60.7 Å². The summed E-state index contributed by atoms with van der Waals surface area (Å²) in [6, 6.07) is 26.6. The minimum absolute atomic E-state index is 0.0446. The maximum atomic E-state index is 14.5. The van der Waals surface area contributed by atoms with Crippen LogP contribution < -0.4 is 9.80 Å². The van der Waals surface area contributed by atoms with Gasteiger partial charge in [-0.15, -0.1) is 0 Å². The molecule has 0 saturated heterocycles. The molecule has 5 nitrogen and oxygen atoms in total. The summed E-state index contributed by atoms with van der Waals surface area (Å²) in [5.41, 5.74) is 8.28. The molecule has 0 fully saturated rings. The van der Waals surface area contributed by atoms with Crippen LogP contribution >= 0.6 is 0 Å². The molecule has 3 aromatic rings. The first-order chi connectivity index (χ1) is 19.1. The van der Waals surface area contributed by atoms with Crippen LogP contribution in [0.15, 0.2) is 102 Å². The summed E-state index contributed by atoms with van der Waals surface area (Å²) in [6.07, 6.45) is 6.68. The van der Waals surface area contributed by atoms with Crippen molar-refractivity contribution in [2.24, 2.45) is 5.92 Å². The first-order valence-electron chi connectivity index (χ1n) is 13.7. The lowest BCUT2D eigenvalue weighted by Crippen LogP contribution is -2.40. The van der Waals surface area contributed by atoms with Crippen LogP contribution in [0.25, 0.3) is 12.2 Å². The fraction of sp³-hybridized carbons (Fsp3) is 0.286. The van der Waals surface area contributed by atoms with Crippen molar-refractivity contribution in [1.82, 2.24) is 9.80 Å². The Morgan fingerprint density at radius 2 is 1.12 bits per heavy atom. The number of anilines is 2. The lowest BCUT2D eigenvalue weighted by Gasteiger charge is -2.39. The predicted molar refractivity (Wildman–Crippen MR) is 171 cm³/mol. The van der Waals surface area contributed by atoms with Crippen LogP contribution in [0.1, 0.15) is 21.5 Å². The molecule has 1 aliphatic carbocycles. The number of hydrogen-bond acceptors (Lipinski definition) is 5. The number of rotatable bonds is 8. The quantitative estimate of drug-likeness (QED) is 0.322. The molecule has 40 heavy (non-hydrogen) atoms. The van der Waals surface area contributed by atoms with Crippen molar-refractivity contribution in [1.29, 1.82) is 0 Å². The van der Waals surface area contributed by atoms with Gasteiger partial charge in [-0.25, -0.2) is 0 Å². The Hall–Kier alpha value is -4.09. The second kappa shape index (κ2) is 12.4. The second-order valence-corrected chi connectivity index (χ2v) is 11.2. The fourth-order valence-corrected chi connectivity index (χ4v) is 5.19. The van der Waals surface area contributed by atoms with Crippen molar-refractivity contribution in [3.8, 4) is 0 Å². The normalized spacial score (nSPS) is 19.1. The number of likely N-dealkylation sites (N-methyl/N-ethyl adjacent to an activating group) is 2. The molecule has 0 aromatic heterocycles. The van der Waals surface area contributed by atoms with Crippen LogP contribution in [0.5, 0.6) is 0 Å². The second-order valence-electron chi connectivity index (χ2n) is 11.2. The highest BCUT2D eigenvalue weighted by atomic mass is 16.1. The Kier molecular flexibility index (Phi) is 8.96. The molecule has 208 valence electrons. The van der Waals surface area contributed by atoms with Gasteiger partial charge in [0.15, 0.2) is 5.78 Å². The third-order valence-electron chi connectivity index (χ3n) is 7.43. The van der Waals surface area contributed by atoms with E-state index < -0.39 is 5.92 Å². The Balaban J connectivity index is 1.96. The van der Waals surface area contributed by atoms with Gasteiger partial charge in [0.05, 0.1) is 12.0 Å². The summed E-state index contributed by atoms with van der Waals surface area (Å²) in [7, 11) is 16.4. The van der Waals surface area contributed by atoms with Crippen molar-refractivity contribution in [2.75, 3.05) is 66.2 Å². The lowest BCUT2D eigenvalue weighted by atomic mass is 9.74. The van der Waals surface area contributed by atoms with Crippen molar-refractivity contribution >= 4 is 29.3 Å². The van der Waals surface area contributed by atoms with Crippen molar-refractivity contribution in [2.45, 2.75) is 6.04 Å². The molecule has 2 atom stereocenters. The van der Waals surface area contributed by atoms with E-state index >= 15 is 0 Å². The standard InChI is InChI=1S/C35H42N4O/c1-36(2)28-18-14-25(15-19-28)22-30-32(38(5)6)24-33(39(7)8)31(23-26-16-20-29(21-17-26)37(3)4)34(30)35(40)27-12-10-9-11-13-27/h9-24,32,34H,1-8H3. The van der Waals surface area contributed by atoms with Gasteiger partial charge in [0.1, 0.15) is 0 Å². The largest absolute Gasteiger partial charge is 0.378 e. The van der Waals surface area contributed by atoms with Gasteiger partial charge in [-0.2, -0.15) is 0 Å². The first-order valence-corrected chi connectivity index (χ1v) is 13.7. The van der Waals surface area contributed by atoms with Gasteiger partial charge in [-0.05, 0) is 72.8 Å². The van der Waals surface area contributed by atoms with Crippen molar-refractivity contribution in [3.05, 3.63) is 118 Å². The number of ketones is 1. The van der Waals surface area contributed by atoms with Crippen molar-refractivity contribution in [3.63, 3.8) is 0 Å². The van der Waals surface area contributed by atoms with E-state index in [9.17, 15) is 4.79 Å². The van der Waals surface area contributed by atoms with E-state index in [1.807, 2.05) is 58.5 Å². The highest BCUT2D eigenvalue weighted by Gasteiger charge is 2.38. The molecule has 0 N–H and O–H groups in total. The number of nitrogens with zero attached hydrogens (tertiary/aromatic N) is 4. The zero-order valence-electron chi connectivity index (χ0n) is 25.1. The summed E-state index contributed by atoms with van der Waals surface area (Å²) in [4.78, 5) is 23.0. The van der Waals surface area contributed by atoms with Crippen molar-refractivity contribution < 1.29 is 4.79 Å². The fourth-order valence-electron chi connectivity index (χ4n) is 5.19. The minimum atomic E-state index is -0.445. The van der Waals surface area contributed by atoms with E-state index in [1.54, 1.807) is 0 Å². The van der Waals surface area contributed by atoms with Crippen LogP contribution in [-0.2, 0) is 0 Å². The molecule has 1 aliphatic rings. The third-order valence-corrected chi connectivity index (χ3v) is 7.43. The van der Waals surface area contributed by atoms with Gasteiger partial charge in [0, 0.05) is 64.9 Å². The molecular formula is C35H42N4O. The molecular weight excluding hydrogens is 492 g/mol. The maximum absolute atomic E-state index is 14.5. The zero-order chi connectivity index (χ0) is 29.0. The van der Waals surface area contributed by atoms with Crippen LogP contribution in [0, 0.1) is 5.92 Å². The number of carbonyl (C=O) groups is 1. The number of benzene rings is 3. The summed E-state index contributed by atoms with van der Waals surface area (Å²) in [5, 5.41) is 0. The third kappa shape index (κ3) is 6.37. The molecule has 0 saturated carbocycles. The molecule has 0 aliphatic heterocycles. The predicted octanol–water partition coefficient (Wildman–Crippen LogP) is 6.17. The number of carbonyl (C=O) groups excluding carboxylic acids is 1. The first kappa shape index (κ1) is 28.9. The molecule has 3 aromatic carbocycles. The summed E-state index contributed by atoms with van der Waals surface area (Å²) < 4.78 is 0. The van der Waals surface area contributed by atoms with E-state index in [1.165, 1.54) is 0 Å². The number of allylic oxidation sites excluding steroid dienone is 1. The summed E-state index contributed by atoms with van der Waals surface area (Å²) >= 11 is 0. The van der Waals surface area contributed by atoms with Gasteiger partial charge < -0.3 is 14.7 Å². The Bertz CT molecular complexity index is 1400. The van der Waals surface area contributed by atoms with Crippen LogP contribution in [0.3, 0.4) is 0 Å². The molecule has 4 rings (SSSR count). The molecule has 5 heteroatoms. The van der Waals surface area contributed by atoms with E-state index in [0.717, 1.165) is 39.3 Å². The number of Topliss-reactive ketones (excluding diaryl/α,β-unsaturated/α-hetero) is 1. The zero-order valence-corrected chi connectivity index (χ0v) is 25.1. The van der Waals surface area contributed by atoms with E-state index in [4.69, 9.17) is 0 Å². The van der Waals surface area contributed by atoms with Crippen LogP contribution in [-0.4, -0.2) is 78.0 Å². The van der Waals surface area contributed by atoms with Crippen LogP contribution in [0.2, 0.25) is 0 Å². The van der Waals surface area contributed by atoms with E-state index in [0.29, 0.717) is 5.56 Å². The smallest absolute Gasteiger partial charge is 0.174 e. The Labute approximate surface area is 240 Å². The van der Waals surface area contributed by atoms with Gasteiger partial charge in [-0.3, -0.25) is 9.69 Å². The highest BCUT2D eigenvalue weighted by molar-refractivity contribution is 6.04. The van der Waals surface area contributed by atoms with Crippen LogP contribution in [0.4, 0.5) is 11.4 Å². The SMILES string of the molecule is CN(C)C1=CC(N(C)C)C(=Cc2ccc(N(C)C)cc2)C(C(=O)c2ccccc2)C1=Cc1ccc(N(C)C)cc1. The molecule has 0 amide bonds. The average Bonchev–Trinajstić information content (AvgIpc) is 2.93. The molecule has 2 unspecified atom stereocenters. The number of hydrogen-bond donors (Lipinski definition) is 0. The summed E-state index contributed by atoms with van der Waals surface area (Å²) in [6.45, 7) is 0. The average molecular weight is 535 g/mol. The molecule has 0 radical (unpaired) electrons. The van der Waals surface area contributed by atoms with Gasteiger partial charge >= 0.3 is 0 Å². The highest BCUT2D eigenvalue weighted by Crippen LogP contribution is 2.41. The maximum Gasteiger partial charge on any atom is 0.174 e. The van der Waals surface area contributed by atoms with E-state index in [-0.39, 0.29) is 11.8 Å². The molecule has 0 heterocycles. The van der Waals surface area contributed by atoms with E-state index in [2.05, 4.69) is 115 Å². The van der Waals surface area contributed by atoms with Gasteiger partial charge in [0.25, 0.3) is 0 Å². The monoisotopic (exact) mass is 534 g/mol. The summed E-state index contributed by atoms with van der Waals surface area (Å²) in [5.74, 6) is -0.341. The molecule has 0 spiro atoms. The topological polar surface area (TPSA) is 30.0 Å². The lowest BCUT2D eigenvalue weighted by molar-refractivity contribution is 0.0948. The minimum Gasteiger partial charge on any atom is -0.378 e. The molecule has 0 bridgehead atoms. The van der Waals surface area contributed by atoms with Gasteiger partial charge in [0.2, 0.25) is 0 Å². The Morgan fingerprint density at radius 1 is 0.625 bits per heavy atom.